The van der Waals surface area contributed by atoms with Crippen LogP contribution in [0.15, 0.2) is 48.5 Å². The number of piperidine rings is 1. The van der Waals surface area contributed by atoms with Gasteiger partial charge in [0.15, 0.2) is 0 Å². The van der Waals surface area contributed by atoms with E-state index in [4.69, 9.17) is 4.74 Å². The highest BCUT2D eigenvalue weighted by atomic mass is 32.2. The molecule has 1 fully saturated rings. The van der Waals surface area contributed by atoms with Crippen LogP contribution in [-0.4, -0.2) is 31.9 Å². The van der Waals surface area contributed by atoms with Gasteiger partial charge in [-0.05, 0) is 55.0 Å². The van der Waals surface area contributed by atoms with Gasteiger partial charge in [-0.25, -0.2) is 12.7 Å². The molecule has 1 aliphatic rings. The number of rotatable bonds is 6. The molecule has 0 N–H and O–H groups in total. The summed E-state index contributed by atoms with van der Waals surface area (Å²) in [4.78, 5) is 0. The van der Waals surface area contributed by atoms with Crippen LogP contribution in [0.5, 0.6) is 5.75 Å². The van der Waals surface area contributed by atoms with Crippen molar-refractivity contribution in [1.29, 1.82) is 0 Å². The summed E-state index contributed by atoms with van der Waals surface area (Å²) < 4.78 is 33.2. The maximum absolute atomic E-state index is 12.7. The molecule has 4 nitrogen and oxygen atoms in total. The summed E-state index contributed by atoms with van der Waals surface area (Å²) >= 11 is 0. The fourth-order valence-corrected chi connectivity index (χ4v) is 4.99. The Balaban J connectivity index is 1.58. The van der Waals surface area contributed by atoms with Crippen molar-refractivity contribution in [2.45, 2.75) is 45.0 Å². The van der Waals surface area contributed by atoms with Gasteiger partial charge in [-0.1, -0.05) is 43.3 Å². The van der Waals surface area contributed by atoms with Crippen molar-refractivity contribution in [2.24, 2.45) is 0 Å². The lowest BCUT2D eigenvalue weighted by Crippen LogP contribution is -2.42. The Morgan fingerprint density at radius 3 is 2.50 bits per heavy atom. The van der Waals surface area contributed by atoms with Gasteiger partial charge < -0.3 is 4.74 Å². The van der Waals surface area contributed by atoms with E-state index in [1.807, 2.05) is 43.3 Å². The average molecular weight is 374 g/mol. The van der Waals surface area contributed by atoms with Gasteiger partial charge in [0.25, 0.3) is 0 Å². The molecule has 0 bridgehead atoms. The van der Waals surface area contributed by atoms with Gasteiger partial charge in [-0.2, -0.15) is 0 Å². The van der Waals surface area contributed by atoms with E-state index in [1.54, 1.807) is 4.31 Å². The van der Waals surface area contributed by atoms with E-state index in [9.17, 15) is 8.42 Å². The molecule has 5 heteroatoms. The minimum atomic E-state index is -3.29. The lowest BCUT2D eigenvalue weighted by molar-refractivity contribution is 0.135. The first-order chi connectivity index (χ1) is 12.5. The van der Waals surface area contributed by atoms with E-state index in [-0.39, 0.29) is 11.9 Å². The van der Waals surface area contributed by atoms with Crippen LogP contribution in [0.25, 0.3) is 0 Å². The molecular formula is C21H27NO3S. The molecule has 3 rings (SSSR count). The molecule has 0 atom stereocenters. The molecule has 1 aliphatic heterocycles. The van der Waals surface area contributed by atoms with E-state index in [2.05, 4.69) is 19.1 Å². The van der Waals surface area contributed by atoms with Crippen LogP contribution in [0, 0.1) is 6.92 Å². The number of benzene rings is 2. The van der Waals surface area contributed by atoms with Crippen molar-refractivity contribution in [2.75, 3.05) is 13.1 Å². The number of hydrogen-bond acceptors (Lipinski definition) is 3. The summed E-state index contributed by atoms with van der Waals surface area (Å²) in [7, 11) is -3.29. The molecule has 0 amide bonds. The normalized spacial score (nSPS) is 16.5. The third-order valence-corrected chi connectivity index (χ3v) is 6.83. The van der Waals surface area contributed by atoms with Crippen LogP contribution in [0.4, 0.5) is 0 Å². The minimum Gasteiger partial charge on any atom is -0.490 e. The van der Waals surface area contributed by atoms with E-state index in [0.717, 1.165) is 36.1 Å². The summed E-state index contributed by atoms with van der Waals surface area (Å²) in [6.07, 6.45) is 2.51. The summed E-state index contributed by atoms with van der Waals surface area (Å²) in [5.74, 6) is 0.953. The largest absolute Gasteiger partial charge is 0.490 e. The topological polar surface area (TPSA) is 46.6 Å². The maximum atomic E-state index is 12.7. The van der Waals surface area contributed by atoms with Crippen molar-refractivity contribution in [3.8, 4) is 5.75 Å². The van der Waals surface area contributed by atoms with Crippen LogP contribution in [0.1, 0.15) is 36.5 Å². The Kier molecular flexibility index (Phi) is 5.99. The highest BCUT2D eigenvalue weighted by molar-refractivity contribution is 7.88. The summed E-state index contributed by atoms with van der Waals surface area (Å²) in [5.41, 5.74) is 3.15. The van der Waals surface area contributed by atoms with Crippen molar-refractivity contribution < 1.29 is 13.2 Å². The third-order valence-electron chi connectivity index (χ3n) is 5.00. The van der Waals surface area contributed by atoms with Crippen LogP contribution in [0.3, 0.4) is 0 Å². The highest BCUT2D eigenvalue weighted by Crippen LogP contribution is 2.23. The number of hydrogen-bond donors (Lipinski definition) is 0. The van der Waals surface area contributed by atoms with Crippen LogP contribution in [0.2, 0.25) is 0 Å². The molecule has 1 saturated heterocycles. The third kappa shape index (κ3) is 4.65. The summed E-state index contributed by atoms with van der Waals surface area (Å²) in [5, 5.41) is 0. The second-order valence-electron chi connectivity index (χ2n) is 6.90. The summed E-state index contributed by atoms with van der Waals surface area (Å²) in [6.45, 7) is 5.12. The standard InChI is InChI=1S/C21H27NO3S/c1-3-18-8-6-10-21(15-18)25-20-11-13-22(14-12-20)26(23,24)16-19-9-5-4-7-17(19)2/h4-10,15,20H,3,11-14,16H2,1-2H3. The monoisotopic (exact) mass is 373 g/mol. The Hall–Kier alpha value is -1.85. The number of nitrogens with zero attached hydrogens (tertiary/aromatic N) is 1. The Bertz CT molecular complexity index is 840. The van der Waals surface area contributed by atoms with Crippen molar-refractivity contribution in [3.05, 3.63) is 65.2 Å². The van der Waals surface area contributed by atoms with Gasteiger partial charge in [-0.15, -0.1) is 0 Å². The van der Waals surface area contributed by atoms with Crippen LogP contribution < -0.4 is 4.74 Å². The number of sulfonamides is 1. The SMILES string of the molecule is CCc1cccc(OC2CCN(S(=O)(=O)Cc3ccccc3C)CC2)c1. The van der Waals surface area contributed by atoms with Gasteiger partial charge >= 0.3 is 0 Å². The fraction of sp³-hybridized carbons (Fsp3) is 0.429. The lowest BCUT2D eigenvalue weighted by Gasteiger charge is -2.31. The molecule has 0 spiro atoms. The molecule has 1 heterocycles. The molecule has 2 aromatic rings. The predicted octanol–water partition coefficient (Wildman–Crippen LogP) is 3.93. The zero-order valence-electron chi connectivity index (χ0n) is 15.5. The van der Waals surface area contributed by atoms with Gasteiger partial charge in [0.1, 0.15) is 11.9 Å². The highest BCUT2D eigenvalue weighted by Gasteiger charge is 2.29. The quantitative estimate of drug-likeness (QED) is 0.771. The number of ether oxygens (including phenoxy) is 1. The summed E-state index contributed by atoms with van der Waals surface area (Å²) in [6, 6.07) is 15.8. The Labute approximate surface area is 156 Å². The van der Waals surface area contributed by atoms with Crippen molar-refractivity contribution >= 4 is 10.0 Å². The first-order valence-corrected chi connectivity index (χ1v) is 10.9. The van der Waals surface area contributed by atoms with E-state index < -0.39 is 10.0 Å². The molecule has 0 aromatic heterocycles. The molecule has 0 aliphatic carbocycles. The maximum Gasteiger partial charge on any atom is 0.218 e. The second kappa shape index (κ2) is 8.23. The smallest absolute Gasteiger partial charge is 0.218 e. The van der Waals surface area contributed by atoms with E-state index in [0.29, 0.717) is 13.1 Å². The first kappa shape index (κ1) is 18.9. The lowest BCUT2D eigenvalue weighted by atomic mass is 10.1. The minimum absolute atomic E-state index is 0.0732. The molecule has 0 unspecified atom stereocenters. The molecule has 2 aromatic carbocycles. The molecule has 0 radical (unpaired) electrons. The molecule has 140 valence electrons. The molecule has 0 saturated carbocycles. The number of aryl methyl sites for hydroxylation is 2. The molecular weight excluding hydrogens is 346 g/mol. The van der Waals surface area contributed by atoms with Crippen molar-refractivity contribution in [1.82, 2.24) is 4.31 Å². The average Bonchev–Trinajstić information content (AvgIpc) is 2.64. The fourth-order valence-electron chi connectivity index (χ4n) is 3.32. The van der Waals surface area contributed by atoms with Crippen LogP contribution >= 0.6 is 0 Å². The molecule has 26 heavy (non-hydrogen) atoms. The second-order valence-corrected chi connectivity index (χ2v) is 8.87. The van der Waals surface area contributed by atoms with E-state index in [1.165, 1.54) is 5.56 Å². The zero-order chi connectivity index (χ0) is 18.6. The van der Waals surface area contributed by atoms with Gasteiger partial charge in [0.05, 0.1) is 5.75 Å². The zero-order valence-corrected chi connectivity index (χ0v) is 16.3. The van der Waals surface area contributed by atoms with E-state index >= 15 is 0 Å². The van der Waals surface area contributed by atoms with Crippen LogP contribution in [-0.2, 0) is 22.2 Å². The predicted molar refractivity (Wildman–Crippen MR) is 105 cm³/mol. The van der Waals surface area contributed by atoms with Crippen molar-refractivity contribution in [3.63, 3.8) is 0 Å². The Morgan fingerprint density at radius 2 is 1.81 bits per heavy atom. The van der Waals surface area contributed by atoms with Gasteiger partial charge in [-0.3, -0.25) is 0 Å². The van der Waals surface area contributed by atoms with Gasteiger partial charge in [0, 0.05) is 13.1 Å². The Morgan fingerprint density at radius 1 is 1.08 bits per heavy atom. The van der Waals surface area contributed by atoms with Gasteiger partial charge in [0.2, 0.25) is 10.0 Å². The first-order valence-electron chi connectivity index (χ1n) is 9.26.